The van der Waals surface area contributed by atoms with Crippen LogP contribution in [0.1, 0.15) is 238 Å². The van der Waals surface area contributed by atoms with Gasteiger partial charge in [0.15, 0.2) is 0 Å². The van der Waals surface area contributed by atoms with Crippen LogP contribution in [0.15, 0.2) is 158 Å². The molecule has 4 heterocycles. The number of ketones is 2. The minimum Gasteiger partial charge on any atom is -0.396 e. The maximum Gasteiger partial charge on any atom is 0.314 e. The van der Waals surface area contributed by atoms with Gasteiger partial charge < -0.3 is 16.9 Å². The van der Waals surface area contributed by atoms with Gasteiger partial charge in [0.05, 0.1) is 73.9 Å². The molecule has 0 saturated carbocycles. The molecular formula is C75H105N13O4. The van der Waals surface area contributed by atoms with Crippen LogP contribution in [0.2, 0.25) is 0 Å². The molecule has 4 aromatic heterocycles. The minimum atomic E-state index is -0.308. The number of nitrogens with one attached hydrogen (secondary N) is 1. The number of hydrogen-bond acceptors (Lipinski definition) is 12. The summed E-state index contributed by atoms with van der Waals surface area (Å²) in [6.45, 7) is 40.9. The second-order valence-corrected chi connectivity index (χ2v) is 25.9. The smallest absolute Gasteiger partial charge is 0.314 e. The van der Waals surface area contributed by atoms with Gasteiger partial charge in [-0.1, -0.05) is 229 Å². The highest BCUT2D eigenvalue weighted by Gasteiger charge is 2.32. The standard InChI is InChI=1S/C15H19N3O2.2C15H21N3.C15H20N2.C9H16O2.C6H8N2/c1-10(2)13-15(18(19)20)14(11(3)4)17(16-13)12-8-6-5-7-9-12;2*1-10(2)14-13(16)15(11(3)4)18(17-14)12-8-6-5-7-9-12;1-11(2)14-10-15(12(3)4)17(16-14)13-8-6-5-7-9-13;1-6(2)8(10)5-9(11)7(3)4;7-8-6-4-2-1-3-5-6/h5-11H,1-4H3;2*5-11H,16H2,1-4H3;5-12H,1-4H3;6-7H,5H2,1-4H3;1-5,8H,7H2. The van der Waals surface area contributed by atoms with Crippen molar-refractivity contribution in [2.75, 3.05) is 16.9 Å². The van der Waals surface area contributed by atoms with E-state index in [2.05, 4.69) is 153 Å². The Kier molecular flexibility index (Phi) is 29.7. The predicted molar refractivity (Wildman–Crippen MR) is 381 cm³/mol. The van der Waals surface area contributed by atoms with Gasteiger partial charge in [-0.25, -0.2) is 18.7 Å². The van der Waals surface area contributed by atoms with Gasteiger partial charge in [0, 0.05) is 35.1 Å². The number of para-hydroxylation sites is 5. The predicted octanol–water partition coefficient (Wildman–Crippen LogP) is 18.3. The Morgan fingerprint density at radius 1 is 0.413 bits per heavy atom. The summed E-state index contributed by atoms with van der Waals surface area (Å²) in [4.78, 5) is 33.2. The van der Waals surface area contributed by atoms with E-state index in [1.165, 1.54) is 5.69 Å². The van der Waals surface area contributed by atoms with E-state index >= 15 is 0 Å². The maximum absolute atomic E-state index is 11.4. The van der Waals surface area contributed by atoms with Crippen molar-refractivity contribution in [3.05, 3.63) is 213 Å². The number of Topliss-reactive ketones (excluding diaryl/α,β-unsaturated/α-hetero) is 2. The molecule has 0 aliphatic rings. The van der Waals surface area contributed by atoms with E-state index in [9.17, 15) is 19.7 Å². The van der Waals surface area contributed by atoms with E-state index in [4.69, 9.17) is 32.6 Å². The van der Waals surface area contributed by atoms with Crippen LogP contribution >= 0.6 is 0 Å². The summed E-state index contributed by atoms with van der Waals surface area (Å²) >= 11 is 0. The van der Waals surface area contributed by atoms with Crippen LogP contribution in [0, 0.1) is 22.0 Å². The second kappa shape index (κ2) is 36.2. The Balaban J connectivity index is 0.000000240. The highest BCUT2D eigenvalue weighted by atomic mass is 16.6. The molecule has 0 amide bonds. The van der Waals surface area contributed by atoms with Crippen molar-refractivity contribution in [2.24, 2.45) is 17.7 Å². The van der Waals surface area contributed by atoms with Gasteiger partial charge in [0.25, 0.3) is 0 Å². The first-order valence-corrected chi connectivity index (χ1v) is 32.4. The molecule has 0 aliphatic heterocycles. The third-order valence-corrected chi connectivity index (χ3v) is 14.9. The van der Waals surface area contributed by atoms with Gasteiger partial charge in [0.1, 0.15) is 23.0 Å². The van der Waals surface area contributed by atoms with Crippen molar-refractivity contribution >= 4 is 34.3 Å². The molecule has 0 fully saturated rings. The molecule has 17 nitrogen and oxygen atoms in total. The lowest BCUT2D eigenvalue weighted by Gasteiger charge is -2.10. The first-order valence-electron chi connectivity index (χ1n) is 32.4. The van der Waals surface area contributed by atoms with Gasteiger partial charge in [-0.15, -0.1) is 0 Å². The molecule has 17 heteroatoms. The molecule has 0 radical (unpaired) electrons. The number of benzene rings is 5. The van der Waals surface area contributed by atoms with E-state index in [-0.39, 0.29) is 52.3 Å². The van der Waals surface area contributed by atoms with Crippen LogP contribution in [0.25, 0.3) is 22.7 Å². The molecular weight excluding hydrogens is 1150 g/mol. The number of aromatic nitrogens is 8. The SMILES string of the molecule is CC(C)C(=O)CC(=O)C(C)C.CC(C)c1cc(C(C)C)n(-c2ccccc2)n1.CC(C)c1nn(-c2ccccc2)c(C(C)C)c1N.CC(C)c1nn(-c2ccccc2)c(C(C)C)c1N.CC(C)c1nn(-c2ccccc2)c(C(C)C)c1[N+](=O)[O-].NNc1ccccc1. The fraction of sp³-hybridized carbons (Fsp3) is 0.413. The average Bonchev–Trinajstić information content (AvgIpc) is 1.82. The van der Waals surface area contributed by atoms with Crippen molar-refractivity contribution in [3.8, 4) is 22.7 Å². The molecule has 9 aromatic rings. The number of nitrogens with zero attached hydrogens (tertiary/aromatic N) is 9. The summed E-state index contributed by atoms with van der Waals surface area (Å²) < 4.78 is 7.74. The lowest BCUT2D eigenvalue weighted by Crippen LogP contribution is -2.16. The number of hydrazine groups is 1. The zero-order valence-electron chi connectivity index (χ0n) is 58.4. The van der Waals surface area contributed by atoms with Crippen LogP contribution in [0.5, 0.6) is 0 Å². The molecule has 5 aromatic carbocycles. The van der Waals surface area contributed by atoms with Crippen LogP contribution in [-0.2, 0) is 9.59 Å². The normalized spacial score (nSPS) is 11.1. The summed E-state index contributed by atoms with van der Waals surface area (Å²) in [5.41, 5.74) is 29.8. The summed E-state index contributed by atoms with van der Waals surface area (Å²) in [6.07, 6.45) is 0.106. The summed E-state index contributed by atoms with van der Waals surface area (Å²) in [7, 11) is 0. The summed E-state index contributed by atoms with van der Waals surface area (Å²) in [6, 6.07) is 52.0. The van der Waals surface area contributed by atoms with Crippen LogP contribution in [0.4, 0.5) is 22.7 Å². The van der Waals surface area contributed by atoms with Crippen molar-refractivity contribution in [2.45, 2.75) is 192 Å². The van der Waals surface area contributed by atoms with Crippen molar-refractivity contribution in [3.63, 3.8) is 0 Å². The Morgan fingerprint density at radius 2 is 0.717 bits per heavy atom. The number of carbonyl (C=O) groups is 2. The Bertz CT molecular complexity index is 3530. The molecule has 0 bridgehead atoms. The highest BCUT2D eigenvalue weighted by Crippen LogP contribution is 2.37. The van der Waals surface area contributed by atoms with Gasteiger partial charge in [0.2, 0.25) is 0 Å². The topological polar surface area (TPSA) is 239 Å². The van der Waals surface area contributed by atoms with Crippen LogP contribution in [0.3, 0.4) is 0 Å². The summed E-state index contributed by atoms with van der Waals surface area (Å²) in [5.74, 6) is 7.53. The molecule has 0 aliphatic carbocycles. The van der Waals surface area contributed by atoms with Crippen molar-refractivity contribution < 1.29 is 14.5 Å². The Hall–Kier alpha value is -8.96. The lowest BCUT2D eigenvalue weighted by atomic mass is 9.98. The van der Waals surface area contributed by atoms with E-state index in [1.54, 1.807) is 4.68 Å². The zero-order chi connectivity index (χ0) is 68.7. The lowest BCUT2D eigenvalue weighted by molar-refractivity contribution is -0.386. The van der Waals surface area contributed by atoms with E-state index in [1.807, 2.05) is 168 Å². The molecule has 0 saturated heterocycles. The number of carbonyl (C=O) groups excluding carboxylic acids is 2. The van der Waals surface area contributed by atoms with Crippen molar-refractivity contribution in [1.29, 1.82) is 0 Å². The number of nitrogen functional groups attached to an aromatic ring is 3. The van der Waals surface area contributed by atoms with E-state index < -0.39 is 0 Å². The molecule has 9 rings (SSSR count). The molecule has 0 atom stereocenters. The number of nitrogens with two attached hydrogens (primary N) is 3. The van der Waals surface area contributed by atoms with Crippen LogP contribution < -0.4 is 22.7 Å². The van der Waals surface area contributed by atoms with Gasteiger partial charge in [-0.05, 0) is 102 Å². The third kappa shape index (κ3) is 21.1. The quantitative estimate of drug-likeness (QED) is 0.0272. The molecule has 0 spiro atoms. The fourth-order valence-corrected chi connectivity index (χ4v) is 9.72. The Morgan fingerprint density at radius 3 is 0.978 bits per heavy atom. The zero-order valence-corrected chi connectivity index (χ0v) is 58.4. The minimum absolute atomic E-state index is 0.0119. The first-order chi connectivity index (χ1) is 43.4. The average molecular weight is 1250 g/mol. The largest absolute Gasteiger partial charge is 0.396 e. The van der Waals surface area contributed by atoms with Crippen LogP contribution in [-0.4, -0.2) is 55.6 Å². The van der Waals surface area contributed by atoms with Gasteiger partial charge in [-0.3, -0.25) is 25.5 Å². The summed E-state index contributed by atoms with van der Waals surface area (Å²) in [5, 5.41) is 30.0. The number of rotatable bonds is 18. The monoisotopic (exact) mass is 1250 g/mol. The molecule has 92 heavy (non-hydrogen) atoms. The molecule has 7 N–H and O–H groups in total. The maximum atomic E-state index is 11.4. The van der Waals surface area contributed by atoms with Gasteiger partial charge >= 0.3 is 5.69 Å². The first kappa shape index (κ1) is 75.5. The Labute approximate surface area is 548 Å². The van der Waals surface area contributed by atoms with Gasteiger partial charge in [-0.2, -0.15) is 20.4 Å². The second-order valence-electron chi connectivity index (χ2n) is 25.9. The molecule has 0 unspecified atom stereocenters. The highest BCUT2D eigenvalue weighted by molar-refractivity contribution is 6.00. The number of nitro groups is 1. The van der Waals surface area contributed by atoms with E-state index in [0.29, 0.717) is 46.9 Å². The fourth-order valence-electron chi connectivity index (χ4n) is 9.72. The van der Waals surface area contributed by atoms with E-state index in [0.717, 1.165) is 68.3 Å². The molecule has 494 valence electrons. The van der Waals surface area contributed by atoms with Crippen molar-refractivity contribution in [1.82, 2.24) is 39.1 Å². The number of hydrogen-bond donors (Lipinski definition) is 4. The number of anilines is 3. The third-order valence-electron chi connectivity index (χ3n) is 14.9.